The first-order chi connectivity index (χ1) is 10.6. The minimum Gasteiger partial charge on any atom is -0.351 e. The highest BCUT2D eigenvalue weighted by Crippen LogP contribution is 2.43. The average Bonchev–Trinajstić information content (AvgIpc) is 2.89. The predicted octanol–water partition coefficient (Wildman–Crippen LogP) is 1.60. The zero-order chi connectivity index (χ0) is 15.4. The van der Waals surface area contributed by atoms with Crippen molar-refractivity contribution in [2.24, 2.45) is 5.73 Å². The van der Waals surface area contributed by atoms with E-state index in [1.165, 1.54) is 12.8 Å². The number of nitrogens with one attached hydrogen (secondary N) is 1. The summed E-state index contributed by atoms with van der Waals surface area (Å²) in [6.45, 7) is 0. The molecule has 2 aliphatic heterocycles. The van der Waals surface area contributed by atoms with Crippen molar-refractivity contribution in [2.75, 3.05) is 7.05 Å². The summed E-state index contributed by atoms with van der Waals surface area (Å²) in [5, 5.41) is 0. The molecule has 2 saturated heterocycles. The number of amides is 1. The fraction of sp³-hybridized carbons (Fsp3) is 0.500. The summed E-state index contributed by atoms with van der Waals surface area (Å²) in [5.41, 5.74) is 7.36. The molecule has 3 heterocycles. The lowest BCUT2D eigenvalue weighted by atomic mass is 9.85. The number of hydrogen-bond donors (Lipinski definition) is 2. The Morgan fingerprint density at radius 3 is 2.59 bits per heavy atom. The number of primary amides is 1. The van der Waals surface area contributed by atoms with Crippen LogP contribution in [-0.2, 0) is 0 Å². The van der Waals surface area contributed by atoms with Crippen LogP contribution in [0.25, 0.3) is 11.0 Å². The molecule has 0 saturated carbocycles. The van der Waals surface area contributed by atoms with Gasteiger partial charge in [-0.2, -0.15) is 0 Å². The topological polar surface area (TPSA) is 84.1 Å². The van der Waals surface area contributed by atoms with E-state index in [0.717, 1.165) is 28.5 Å². The Morgan fingerprint density at radius 1 is 1.27 bits per heavy atom. The molecule has 6 nitrogen and oxygen atoms in total. The van der Waals surface area contributed by atoms with Crippen molar-refractivity contribution in [1.82, 2.24) is 14.5 Å². The Labute approximate surface area is 127 Å². The Morgan fingerprint density at radius 2 is 1.95 bits per heavy atom. The third kappa shape index (κ3) is 1.83. The van der Waals surface area contributed by atoms with Gasteiger partial charge in [-0.1, -0.05) is 12.1 Å². The predicted molar refractivity (Wildman–Crippen MR) is 84.1 cm³/mol. The van der Waals surface area contributed by atoms with E-state index in [9.17, 15) is 9.59 Å². The van der Waals surface area contributed by atoms with Crippen molar-refractivity contribution in [2.45, 2.75) is 43.7 Å². The van der Waals surface area contributed by atoms with Crippen molar-refractivity contribution < 1.29 is 4.79 Å². The monoisotopic (exact) mass is 300 g/mol. The summed E-state index contributed by atoms with van der Waals surface area (Å²) in [6, 6.07) is 6.26. The van der Waals surface area contributed by atoms with Crippen molar-refractivity contribution in [3.05, 3.63) is 34.2 Å². The number of carbonyl (C=O) groups is 1. The lowest BCUT2D eigenvalue weighted by Crippen LogP contribution is -2.39. The Hall–Kier alpha value is -2.08. The van der Waals surface area contributed by atoms with Crippen LogP contribution in [0, 0.1) is 0 Å². The van der Waals surface area contributed by atoms with Gasteiger partial charge < -0.3 is 15.6 Å². The first kappa shape index (κ1) is 13.6. The molecule has 0 aliphatic carbocycles. The smallest absolute Gasteiger partial charge is 0.334 e. The van der Waals surface area contributed by atoms with Gasteiger partial charge in [0.2, 0.25) is 0 Å². The van der Waals surface area contributed by atoms with Gasteiger partial charge in [0.25, 0.3) is 0 Å². The maximum atomic E-state index is 12.0. The van der Waals surface area contributed by atoms with Gasteiger partial charge in [-0.3, -0.25) is 0 Å². The van der Waals surface area contributed by atoms with Crippen LogP contribution in [0.15, 0.2) is 23.0 Å². The number of H-pyrrole nitrogens is 1. The quantitative estimate of drug-likeness (QED) is 0.839. The van der Waals surface area contributed by atoms with Gasteiger partial charge in [-0.15, -0.1) is 0 Å². The number of para-hydroxylation sites is 1. The molecule has 116 valence electrons. The molecule has 1 aromatic heterocycles. The highest BCUT2D eigenvalue weighted by atomic mass is 16.2. The third-order valence-electron chi connectivity index (χ3n) is 5.51. The maximum Gasteiger partial charge on any atom is 0.334 e. The van der Waals surface area contributed by atoms with E-state index in [4.69, 9.17) is 5.73 Å². The molecule has 2 unspecified atom stereocenters. The summed E-state index contributed by atoms with van der Waals surface area (Å²) < 4.78 is 1.02. The fourth-order valence-electron chi connectivity index (χ4n) is 4.38. The van der Waals surface area contributed by atoms with Crippen molar-refractivity contribution in [1.29, 1.82) is 0 Å². The Bertz CT molecular complexity index is 792. The van der Waals surface area contributed by atoms with Crippen LogP contribution in [0.4, 0.5) is 4.79 Å². The summed E-state index contributed by atoms with van der Waals surface area (Å²) in [4.78, 5) is 28.8. The molecule has 2 atom stereocenters. The second kappa shape index (κ2) is 4.71. The number of fused-ring (bicyclic) bond motifs is 3. The third-order valence-corrected chi connectivity index (χ3v) is 5.51. The highest BCUT2D eigenvalue weighted by molar-refractivity contribution is 5.89. The molecule has 0 radical (unpaired) electrons. The van der Waals surface area contributed by atoms with E-state index in [2.05, 4.69) is 23.0 Å². The maximum absolute atomic E-state index is 12.0. The Kier molecular flexibility index (Phi) is 2.91. The molecule has 2 aliphatic rings. The molecule has 1 amide bonds. The van der Waals surface area contributed by atoms with Gasteiger partial charge >= 0.3 is 11.7 Å². The van der Waals surface area contributed by atoms with Crippen LogP contribution in [0.5, 0.6) is 0 Å². The summed E-state index contributed by atoms with van der Waals surface area (Å²) in [6.07, 6.45) is 4.73. The zero-order valence-electron chi connectivity index (χ0n) is 12.6. The number of benzene rings is 1. The van der Waals surface area contributed by atoms with Crippen LogP contribution >= 0.6 is 0 Å². The molecule has 3 N–H and O–H groups in total. The summed E-state index contributed by atoms with van der Waals surface area (Å²) in [7, 11) is 2.21. The molecule has 22 heavy (non-hydrogen) atoms. The average molecular weight is 300 g/mol. The molecule has 6 heteroatoms. The van der Waals surface area contributed by atoms with E-state index in [0.29, 0.717) is 23.5 Å². The van der Waals surface area contributed by atoms with Crippen LogP contribution in [0.2, 0.25) is 0 Å². The van der Waals surface area contributed by atoms with Crippen molar-refractivity contribution in [3.8, 4) is 0 Å². The lowest BCUT2D eigenvalue weighted by Gasteiger charge is -2.36. The van der Waals surface area contributed by atoms with E-state index in [-0.39, 0.29) is 0 Å². The molecule has 4 rings (SSSR count). The molecule has 2 aromatic rings. The molecule has 2 bridgehead atoms. The number of rotatable bonds is 1. The van der Waals surface area contributed by atoms with Crippen LogP contribution in [-0.4, -0.2) is 39.6 Å². The number of nitrogens with zero attached hydrogens (tertiary/aromatic N) is 2. The summed E-state index contributed by atoms with van der Waals surface area (Å²) in [5.74, 6) is 0.428. The molecule has 2 fully saturated rings. The highest BCUT2D eigenvalue weighted by Gasteiger charge is 2.39. The number of hydrogen-bond acceptors (Lipinski definition) is 3. The van der Waals surface area contributed by atoms with Gasteiger partial charge in [0.15, 0.2) is 0 Å². The van der Waals surface area contributed by atoms with Gasteiger partial charge in [-0.25, -0.2) is 14.2 Å². The van der Waals surface area contributed by atoms with Crippen molar-refractivity contribution >= 4 is 17.1 Å². The van der Waals surface area contributed by atoms with Gasteiger partial charge in [0.1, 0.15) is 0 Å². The zero-order valence-corrected chi connectivity index (χ0v) is 12.6. The van der Waals surface area contributed by atoms with Crippen LogP contribution in [0.3, 0.4) is 0 Å². The number of piperidine rings is 1. The normalized spacial score (nSPS) is 28.3. The van der Waals surface area contributed by atoms with E-state index in [1.54, 1.807) is 6.07 Å². The largest absolute Gasteiger partial charge is 0.351 e. The van der Waals surface area contributed by atoms with Crippen molar-refractivity contribution in [3.63, 3.8) is 0 Å². The van der Waals surface area contributed by atoms with Gasteiger partial charge in [0.05, 0.1) is 11.0 Å². The molecule has 0 spiro atoms. The minimum atomic E-state index is -0.739. The second-order valence-corrected chi connectivity index (χ2v) is 6.56. The SMILES string of the molecule is CN1C2CCC1CC(c1cccc3c1[nH]c(=O)n3C(N)=O)C2. The number of imidazole rings is 1. The van der Waals surface area contributed by atoms with Gasteiger partial charge in [-0.05, 0) is 50.3 Å². The standard InChI is InChI=1S/C16H20N4O2/c1-19-10-5-6-11(19)8-9(7-10)12-3-2-4-13-14(12)18-16(22)20(13)15(17)21/h2-4,9-11H,5-8H2,1H3,(H2,17,21)(H,18,22). The number of aromatic amines is 1. The Balaban J connectivity index is 1.82. The van der Waals surface area contributed by atoms with Gasteiger partial charge in [0, 0.05) is 12.1 Å². The first-order valence-corrected chi connectivity index (χ1v) is 7.81. The van der Waals surface area contributed by atoms with Crippen LogP contribution in [0.1, 0.15) is 37.2 Å². The van der Waals surface area contributed by atoms with Crippen LogP contribution < -0.4 is 11.4 Å². The number of aromatic nitrogens is 2. The molecule has 1 aromatic carbocycles. The van der Waals surface area contributed by atoms with E-state index in [1.807, 2.05) is 6.07 Å². The lowest BCUT2D eigenvalue weighted by molar-refractivity contribution is 0.162. The molecular weight excluding hydrogens is 280 g/mol. The molecular formula is C16H20N4O2. The fourth-order valence-corrected chi connectivity index (χ4v) is 4.38. The second-order valence-electron chi connectivity index (χ2n) is 6.56. The van der Waals surface area contributed by atoms with E-state index < -0.39 is 11.7 Å². The summed E-state index contributed by atoms with van der Waals surface area (Å²) >= 11 is 0. The first-order valence-electron chi connectivity index (χ1n) is 7.81. The van der Waals surface area contributed by atoms with E-state index >= 15 is 0 Å². The number of carbonyl (C=O) groups excluding carboxylic acids is 1. The number of nitrogens with two attached hydrogens (primary N) is 1. The minimum absolute atomic E-state index is 0.428.